The molecule has 45 heavy (non-hydrogen) atoms. The molecule has 242 valence electrons. The zero-order valence-electron chi connectivity index (χ0n) is 26.9. The number of anilines is 1. The van der Waals surface area contributed by atoms with Gasteiger partial charge in [0.05, 0.1) is 26.1 Å². The lowest BCUT2D eigenvalue weighted by Gasteiger charge is -2.29. The normalized spacial score (nSPS) is 12.9. The molecule has 0 radical (unpaired) electrons. The maximum absolute atomic E-state index is 13.5. The summed E-state index contributed by atoms with van der Waals surface area (Å²) in [4.78, 5) is 56.4. The first-order valence-electron chi connectivity index (χ1n) is 14.7. The van der Waals surface area contributed by atoms with Gasteiger partial charge < -0.3 is 34.7 Å². The van der Waals surface area contributed by atoms with Gasteiger partial charge in [-0.2, -0.15) is 0 Å². The Morgan fingerprint density at radius 2 is 1.62 bits per heavy atom. The first-order valence-corrected chi connectivity index (χ1v) is 14.7. The molecular weight excluding hydrogens is 578 g/mol. The van der Waals surface area contributed by atoms with E-state index >= 15 is 0 Å². The van der Waals surface area contributed by atoms with Crippen LogP contribution in [0.1, 0.15) is 64.3 Å². The first-order chi connectivity index (χ1) is 21.2. The van der Waals surface area contributed by atoms with E-state index in [1.54, 1.807) is 32.3 Å². The summed E-state index contributed by atoms with van der Waals surface area (Å²) >= 11 is 0. The van der Waals surface area contributed by atoms with Crippen molar-refractivity contribution in [3.05, 3.63) is 83.8 Å². The van der Waals surface area contributed by atoms with Crippen molar-refractivity contribution in [1.82, 2.24) is 20.2 Å². The van der Waals surface area contributed by atoms with Gasteiger partial charge in [-0.05, 0) is 65.2 Å². The largest absolute Gasteiger partial charge is 0.464 e. The Morgan fingerprint density at radius 1 is 0.956 bits per heavy atom. The highest BCUT2D eigenvalue weighted by Crippen LogP contribution is 2.25. The van der Waals surface area contributed by atoms with E-state index in [2.05, 4.69) is 20.9 Å². The second-order valence-electron chi connectivity index (χ2n) is 12.0. The third-order valence-electron chi connectivity index (χ3n) is 6.54. The third kappa shape index (κ3) is 10.5. The zero-order chi connectivity index (χ0) is 33.2. The minimum Gasteiger partial charge on any atom is -0.464 e. The van der Waals surface area contributed by atoms with Crippen molar-refractivity contribution in [2.75, 3.05) is 18.5 Å². The molecule has 3 N–H and O–H groups in total. The molecule has 1 heterocycles. The van der Waals surface area contributed by atoms with Crippen molar-refractivity contribution in [1.29, 1.82) is 0 Å². The molecule has 1 unspecified atom stereocenters. The number of aryl methyl sites for hydroxylation is 1. The van der Waals surface area contributed by atoms with Gasteiger partial charge in [0.25, 0.3) is 5.91 Å². The summed E-state index contributed by atoms with van der Waals surface area (Å²) in [6.45, 7) is 12.0. The van der Waals surface area contributed by atoms with E-state index in [0.717, 1.165) is 16.7 Å². The summed E-state index contributed by atoms with van der Waals surface area (Å²) in [5, 5.41) is 7.92. The number of hydrogen-bond acceptors (Lipinski definition) is 8. The standard InChI is InChI=1S/C33H43N5O7/c1-8-44-29(40)27(24-17-13-12-14-22(24)2)38-18-26(34-21-38)36-28(39)25(20-43-19-23-15-10-9-11-16-23)35-30(41)33(6,7)37-31(42)45-32(3,4)5/h9-18,21,25,27H,8,19-20H2,1-7H3,(H,35,41)(H,36,39)(H,37,42)/t25-,27?/m1/s1. The fourth-order valence-electron chi connectivity index (χ4n) is 4.29. The highest BCUT2D eigenvalue weighted by atomic mass is 16.6. The molecule has 3 rings (SSSR count). The van der Waals surface area contributed by atoms with Crippen LogP contribution in [0.4, 0.5) is 10.6 Å². The molecule has 12 nitrogen and oxygen atoms in total. The maximum Gasteiger partial charge on any atom is 0.408 e. The molecule has 2 aromatic carbocycles. The molecule has 12 heteroatoms. The summed E-state index contributed by atoms with van der Waals surface area (Å²) in [5.74, 6) is -1.57. The monoisotopic (exact) mass is 621 g/mol. The number of amides is 3. The van der Waals surface area contributed by atoms with E-state index in [0.29, 0.717) is 0 Å². The van der Waals surface area contributed by atoms with Gasteiger partial charge in [-0.1, -0.05) is 54.6 Å². The highest BCUT2D eigenvalue weighted by Gasteiger charge is 2.35. The fraction of sp³-hybridized carbons (Fsp3) is 0.424. The molecule has 3 amide bonds. The van der Waals surface area contributed by atoms with Crippen LogP contribution in [0.5, 0.6) is 0 Å². The van der Waals surface area contributed by atoms with E-state index in [1.807, 2.05) is 61.5 Å². The molecule has 0 spiro atoms. The Morgan fingerprint density at radius 3 is 2.27 bits per heavy atom. The maximum atomic E-state index is 13.5. The second-order valence-corrected chi connectivity index (χ2v) is 12.0. The van der Waals surface area contributed by atoms with E-state index < -0.39 is 47.1 Å². The van der Waals surface area contributed by atoms with E-state index in [4.69, 9.17) is 14.2 Å². The molecule has 0 aliphatic heterocycles. The van der Waals surface area contributed by atoms with Crippen molar-refractivity contribution in [3.8, 4) is 0 Å². The zero-order valence-corrected chi connectivity index (χ0v) is 26.9. The molecule has 0 fully saturated rings. The number of ether oxygens (including phenoxy) is 3. The summed E-state index contributed by atoms with van der Waals surface area (Å²) in [6, 6.07) is 14.8. The Balaban J connectivity index is 1.79. The molecule has 0 aliphatic carbocycles. The van der Waals surface area contributed by atoms with E-state index in [1.165, 1.54) is 26.4 Å². The lowest BCUT2D eigenvalue weighted by atomic mass is 10.0. The Bertz CT molecular complexity index is 1460. The van der Waals surface area contributed by atoms with Crippen LogP contribution in [-0.2, 0) is 35.2 Å². The third-order valence-corrected chi connectivity index (χ3v) is 6.54. The summed E-state index contributed by atoms with van der Waals surface area (Å²) in [5.41, 5.74) is 0.303. The SMILES string of the molecule is CCOC(=O)C(c1ccccc1C)n1cnc(NC(=O)[C@@H](COCc2ccccc2)NC(=O)C(C)(C)NC(=O)OC(C)(C)C)c1. The van der Waals surface area contributed by atoms with Crippen molar-refractivity contribution in [2.45, 2.75) is 78.3 Å². The van der Waals surface area contributed by atoms with Gasteiger partial charge in [0.15, 0.2) is 11.9 Å². The lowest BCUT2D eigenvalue weighted by Crippen LogP contribution is -2.59. The molecule has 3 aromatic rings. The predicted molar refractivity (Wildman–Crippen MR) is 168 cm³/mol. The smallest absolute Gasteiger partial charge is 0.408 e. The predicted octanol–water partition coefficient (Wildman–Crippen LogP) is 4.29. The number of benzene rings is 2. The van der Waals surface area contributed by atoms with Crippen molar-refractivity contribution in [3.63, 3.8) is 0 Å². The number of hydrogen-bond donors (Lipinski definition) is 3. The van der Waals surface area contributed by atoms with Crippen molar-refractivity contribution >= 4 is 29.7 Å². The van der Waals surface area contributed by atoms with E-state index in [9.17, 15) is 19.2 Å². The highest BCUT2D eigenvalue weighted by molar-refractivity contribution is 5.98. The minimum atomic E-state index is -1.43. The average molecular weight is 622 g/mol. The van der Waals surface area contributed by atoms with Crippen LogP contribution < -0.4 is 16.0 Å². The Labute approximate surface area is 263 Å². The van der Waals surface area contributed by atoms with Gasteiger partial charge in [0, 0.05) is 6.20 Å². The number of imidazole rings is 1. The van der Waals surface area contributed by atoms with Crippen LogP contribution in [0.25, 0.3) is 0 Å². The molecule has 2 atom stereocenters. The molecule has 0 bridgehead atoms. The van der Waals surface area contributed by atoms with Crippen LogP contribution in [0.15, 0.2) is 67.1 Å². The molecule has 0 saturated heterocycles. The summed E-state index contributed by atoms with van der Waals surface area (Å²) in [7, 11) is 0. The summed E-state index contributed by atoms with van der Waals surface area (Å²) < 4.78 is 18.0. The van der Waals surface area contributed by atoms with Crippen molar-refractivity contribution in [2.24, 2.45) is 0 Å². The number of aromatic nitrogens is 2. The molecule has 0 aliphatic rings. The number of rotatable bonds is 13. The minimum absolute atomic E-state index is 0.149. The summed E-state index contributed by atoms with van der Waals surface area (Å²) in [6.07, 6.45) is 2.17. The average Bonchev–Trinajstić information content (AvgIpc) is 3.40. The van der Waals surface area contributed by atoms with Crippen LogP contribution >= 0.6 is 0 Å². The van der Waals surface area contributed by atoms with Crippen LogP contribution in [0.2, 0.25) is 0 Å². The van der Waals surface area contributed by atoms with Crippen LogP contribution in [-0.4, -0.2) is 63.8 Å². The number of nitrogens with zero attached hydrogens (tertiary/aromatic N) is 2. The van der Waals surface area contributed by atoms with Crippen molar-refractivity contribution < 1.29 is 33.4 Å². The van der Waals surface area contributed by atoms with Gasteiger partial charge in [0.1, 0.15) is 17.2 Å². The van der Waals surface area contributed by atoms with Gasteiger partial charge >= 0.3 is 12.1 Å². The molecular formula is C33H43N5O7. The Hall–Kier alpha value is -4.71. The van der Waals surface area contributed by atoms with Crippen LogP contribution in [0, 0.1) is 6.92 Å². The lowest BCUT2D eigenvalue weighted by molar-refractivity contribution is -0.145. The van der Waals surface area contributed by atoms with Crippen LogP contribution in [0.3, 0.4) is 0 Å². The fourth-order valence-corrected chi connectivity index (χ4v) is 4.29. The number of carbonyl (C=O) groups excluding carboxylic acids is 4. The molecule has 0 saturated carbocycles. The van der Waals surface area contributed by atoms with Gasteiger partial charge in [-0.15, -0.1) is 0 Å². The van der Waals surface area contributed by atoms with Gasteiger partial charge in [-0.3, -0.25) is 9.59 Å². The molecule has 1 aromatic heterocycles. The number of alkyl carbamates (subject to hydrolysis) is 1. The van der Waals surface area contributed by atoms with E-state index in [-0.39, 0.29) is 25.6 Å². The number of carbonyl (C=O) groups is 4. The Kier molecular flexibility index (Phi) is 11.9. The first kappa shape index (κ1) is 34.8. The number of nitrogens with one attached hydrogen (secondary N) is 3. The van der Waals surface area contributed by atoms with Gasteiger partial charge in [-0.25, -0.2) is 14.6 Å². The number of esters is 1. The van der Waals surface area contributed by atoms with Gasteiger partial charge in [0.2, 0.25) is 5.91 Å². The topological polar surface area (TPSA) is 150 Å². The second kappa shape index (κ2) is 15.3. The quantitative estimate of drug-likeness (QED) is 0.239.